The van der Waals surface area contributed by atoms with E-state index in [1.165, 1.54) is 13.2 Å². The second kappa shape index (κ2) is 3.84. The molecule has 0 spiro atoms. The first-order valence-electron chi connectivity index (χ1n) is 4.53. The van der Waals surface area contributed by atoms with Crippen molar-refractivity contribution >= 4 is 5.97 Å². The summed E-state index contributed by atoms with van der Waals surface area (Å²) in [5, 5.41) is 0. The minimum absolute atomic E-state index is 0.0438. The highest BCUT2D eigenvalue weighted by Crippen LogP contribution is 2.28. The Labute approximate surface area is 82.1 Å². The highest BCUT2D eigenvalue weighted by atomic mass is 16.6. The third-order valence-electron chi connectivity index (χ3n) is 2.33. The third-order valence-corrected chi connectivity index (χ3v) is 2.33. The van der Waals surface area contributed by atoms with Crippen LogP contribution in [-0.4, -0.2) is 31.4 Å². The first kappa shape index (κ1) is 9.27. The van der Waals surface area contributed by atoms with E-state index in [2.05, 4.69) is 4.74 Å². The van der Waals surface area contributed by atoms with E-state index >= 15 is 0 Å². The van der Waals surface area contributed by atoms with Crippen LogP contribution in [0.25, 0.3) is 0 Å². The number of hydrogen-bond acceptors (Lipinski definition) is 4. The fourth-order valence-electron chi connectivity index (χ4n) is 1.61. The number of ether oxygens (including phenoxy) is 3. The number of methoxy groups -OCH3 is 1. The number of rotatable bonds is 2. The van der Waals surface area contributed by atoms with Crippen LogP contribution in [0.4, 0.5) is 0 Å². The van der Waals surface area contributed by atoms with Gasteiger partial charge in [-0.25, -0.2) is 4.79 Å². The molecule has 0 saturated carbocycles. The topological polar surface area (TPSA) is 44.8 Å². The molecular weight excluding hydrogens is 184 g/mol. The maximum atomic E-state index is 10.8. The zero-order valence-corrected chi connectivity index (χ0v) is 7.88. The zero-order valence-electron chi connectivity index (χ0n) is 7.88. The van der Waals surface area contributed by atoms with Gasteiger partial charge in [0.1, 0.15) is 12.2 Å². The van der Waals surface area contributed by atoms with Gasteiger partial charge in [-0.3, -0.25) is 0 Å². The Kier molecular flexibility index (Phi) is 2.54. The Morgan fingerprint density at radius 2 is 2.50 bits per heavy atom. The molecule has 76 valence electrons. The van der Waals surface area contributed by atoms with E-state index in [1.807, 2.05) is 6.08 Å². The third kappa shape index (κ3) is 1.80. The van der Waals surface area contributed by atoms with Gasteiger partial charge in [0, 0.05) is 12.5 Å². The van der Waals surface area contributed by atoms with Crippen LogP contribution in [0.2, 0.25) is 0 Å². The van der Waals surface area contributed by atoms with Crippen molar-refractivity contribution in [3.63, 3.8) is 0 Å². The van der Waals surface area contributed by atoms with E-state index in [4.69, 9.17) is 9.47 Å². The second-order valence-corrected chi connectivity index (χ2v) is 3.26. The molecule has 2 heterocycles. The van der Waals surface area contributed by atoms with Gasteiger partial charge in [0.2, 0.25) is 0 Å². The monoisotopic (exact) mass is 196 g/mol. The van der Waals surface area contributed by atoms with E-state index in [1.54, 1.807) is 12.3 Å². The Bertz CT molecular complexity index is 282. The van der Waals surface area contributed by atoms with Crippen LogP contribution >= 0.6 is 0 Å². The van der Waals surface area contributed by atoms with Crippen molar-refractivity contribution in [3.05, 3.63) is 24.5 Å². The van der Waals surface area contributed by atoms with Gasteiger partial charge in [0.05, 0.1) is 19.5 Å². The number of esters is 1. The van der Waals surface area contributed by atoms with Crippen LogP contribution in [-0.2, 0) is 19.0 Å². The average Bonchev–Trinajstić information content (AvgIpc) is 2.73. The molecule has 2 aliphatic rings. The van der Waals surface area contributed by atoms with E-state index < -0.39 is 0 Å². The number of fused-ring (bicyclic) bond motifs is 1. The predicted molar refractivity (Wildman–Crippen MR) is 48.4 cm³/mol. The lowest BCUT2D eigenvalue weighted by atomic mass is 10.1. The smallest absolute Gasteiger partial charge is 0.330 e. The number of carbonyl (C=O) groups is 1. The minimum Gasteiger partial charge on any atom is -0.495 e. The molecule has 2 aliphatic heterocycles. The van der Waals surface area contributed by atoms with Crippen LogP contribution in [0.3, 0.4) is 0 Å². The van der Waals surface area contributed by atoms with Crippen LogP contribution in [0, 0.1) is 0 Å². The first-order valence-corrected chi connectivity index (χ1v) is 4.53. The summed E-state index contributed by atoms with van der Waals surface area (Å²) < 4.78 is 15.3. The Hall–Kier alpha value is -1.29. The van der Waals surface area contributed by atoms with Gasteiger partial charge < -0.3 is 14.2 Å². The van der Waals surface area contributed by atoms with Crippen LogP contribution in [0.5, 0.6) is 0 Å². The van der Waals surface area contributed by atoms with E-state index in [9.17, 15) is 4.79 Å². The van der Waals surface area contributed by atoms with Crippen molar-refractivity contribution in [2.24, 2.45) is 0 Å². The molecule has 0 aromatic carbocycles. The molecule has 2 rings (SSSR count). The van der Waals surface area contributed by atoms with Crippen molar-refractivity contribution in [3.8, 4) is 0 Å². The fourth-order valence-corrected chi connectivity index (χ4v) is 1.61. The molecule has 4 nitrogen and oxygen atoms in total. The van der Waals surface area contributed by atoms with Crippen LogP contribution < -0.4 is 0 Å². The maximum Gasteiger partial charge on any atom is 0.330 e. The van der Waals surface area contributed by atoms with Gasteiger partial charge in [0.15, 0.2) is 0 Å². The number of carbonyl (C=O) groups excluding carboxylic acids is 1. The normalized spacial score (nSPS) is 34.5. The molecule has 0 amide bonds. The summed E-state index contributed by atoms with van der Waals surface area (Å²) in [6.45, 7) is 0. The Morgan fingerprint density at radius 3 is 3.21 bits per heavy atom. The largest absolute Gasteiger partial charge is 0.495 e. The summed E-state index contributed by atoms with van der Waals surface area (Å²) >= 11 is 0. The summed E-state index contributed by atoms with van der Waals surface area (Å²) in [6, 6.07) is 0. The molecule has 0 unspecified atom stereocenters. The predicted octanol–water partition coefficient (Wildman–Crippen LogP) is 0.786. The lowest BCUT2D eigenvalue weighted by Gasteiger charge is -2.04. The molecule has 0 aliphatic carbocycles. The molecule has 4 heteroatoms. The van der Waals surface area contributed by atoms with E-state index in [0.717, 1.165) is 6.42 Å². The molecule has 14 heavy (non-hydrogen) atoms. The summed E-state index contributed by atoms with van der Waals surface area (Å²) in [6.07, 6.45) is 7.53. The molecule has 1 fully saturated rings. The molecule has 1 saturated heterocycles. The van der Waals surface area contributed by atoms with Crippen molar-refractivity contribution < 1.29 is 19.0 Å². The highest BCUT2D eigenvalue weighted by Gasteiger charge is 2.36. The van der Waals surface area contributed by atoms with E-state index in [-0.39, 0.29) is 24.3 Å². The number of hydrogen-bond donors (Lipinski definition) is 0. The fraction of sp³-hybridized carbons (Fsp3) is 0.500. The summed E-state index contributed by atoms with van der Waals surface area (Å²) in [4.78, 5) is 10.8. The molecule has 0 radical (unpaired) electrons. The maximum absolute atomic E-state index is 10.8. The Balaban J connectivity index is 1.87. The molecule has 0 bridgehead atoms. The van der Waals surface area contributed by atoms with Crippen LogP contribution in [0.15, 0.2) is 24.5 Å². The van der Waals surface area contributed by atoms with Crippen molar-refractivity contribution in [1.82, 2.24) is 0 Å². The lowest BCUT2D eigenvalue weighted by molar-refractivity contribution is -0.134. The summed E-state index contributed by atoms with van der Waals surface area (Å²) in [7, 11) is 1.35. The van der Waals surface area contributed by atoms with Gasteiger partial charge in [-0.05, 0) is 12.2 Å². The molecular formula is C10H12O4. The van der Waals surface area contributed by atoms with Gasteiger partial charge in [-0.1, -0.05) is 0 Å². The van der Waals surface area contributed by atoms with Crippen molar-refractivity contribution in [2.75, 3.05) is 7.11 Å². The first-order chi connectivity index (χ1) is 6.79. The van der Waals surface area contributed by atoms with Gasteiger partial charge >= 0.3 is 5.97 Å². The second-order valence-electron chi connectivity index (χ2n) is 3.26. The molecule has 0 aromatic heterocycles. The highest BCUT2D eigenvalue weighted by molar-refractivity contribution is 5.81. The minimum atomic E-state index is -0.359. The molecule has 0 aromatic rings. The quantitative estimate of drug-likeness (QED) is 0.483. The summed E-state index contributed by atoms with van der Waals surface area (Å²) in [5.41, 5.74) is 0. The molecule has 3 atom stereocenters. The van der Waals surface area contributed by atoms with Crippen molar-refractivity contribution in [1.29, 1.82) is 0 Å². The van der Waals surface area contributed by atoms with E-state index in [0.29, 0.717) is 0 Å². The SMILES string of the molecule is COC(=O)/C=C/[C@@H]1C[C@@H]2OC=C[C@@H]2O1. The Morgan fingerprint density at radius 1 is 1.64 bits per heavy atom. The average molecular weight is 196 g/mol. The van der Waals surface area contributed by atoms with Crippen molar-refractivity contribution in [2.45, 2.75) is 24.7 Å². The van der Waals surface area contributed by atoms with Gasteiger partial charge in [0.25, 0.3) is 0 Å². The van der Waals surface area contributed by atoms with Gasteiger partial charge in [-0.2, -0.15) is 0 Å². The van der Waals surface area contributed by atoms with Crippen LogP contribution in [0.1, 0.15) is 6.42 Å². The van der Waals surface area contributed by atoms with Gasteiger partial charge in [-0.15, -0.1) is 0 Å². The molecule has 0 N–H and O–H groups in total. The zero-order chi connectivity index (χ0) is 9.97. The standard InChI is InChI=1S/C10H12O4/c1-12-10(11)3-2-7-6-9-8(14-7)4-5-13-9/h2-5,7-9H,6H2,1H3/b3-2+/t7-,8+,9+/m1/s1. The summed E-state index contributed by atoms with van der Waals surface area (Å²) in [5.74, 6) is -0.359. The lowest BCUT2D eigenvalue weighted by Crippen LogP contribution is -2.14.